The molecule has 1 unspecified atom stereocenters. The maximum atomic E-state index is 11.7. The Morgan fingerprint density at radius 3 is 2.70 bits per heavy atom. The summed E-state index contributed by atoms with van der Waals surface area (Å²) in [7, 11) is 0. The number of rotatable bonds is 4. The molecule has 0 spiro atoms. The first-order chi connectivity index (χ1) is 9.35. The molecule has 2 rings (SSSR count). The summed E-state index contributed by atoms with van der Waals surface area (Å²) in [6, 6.07) is 10.6. The van der Waals surface area contributed by atoms with Crippen LogP contribution in [0, 0.1) is 0 Å². The second-order valence-electron chi connectivity index (χ2n) is 5.88. The Balaban J connectivity index is 1.95. The lowest BCUT2D eigenvalue weighted by atomic mass is 10.2. The van der Waals surface area contributed by atoms with Gasteiger partial charge in [0.05, 0.1) is 6.54 Å². The van der Waals surface area contributed by atoms with E-state index in [4.69, 9.17) is 4.74 Å². The zero-order valence-corrected chi connectivity index (χ0v) is 13.2. The van der Waals surface area contributed by atoms with Crippen LogP contribution in [0.3, 0.4) is 0 Å². The molecule has 1 aromatic carbocycles. The van der Waals surface area contributed by atoms with Crippen LogP contribution in [0.4, 0.5) is 0 Å². The van der Waals surface area contributed by atoms with E-state index in [1.54, 1.807) is 11.3 Å². The highest BCUT2D eigenvalue weighted by Gasteiger charge is 2.17. The summed E-state index contributed by atoms with van der Waals surface area (Å²) in [4.78, 5) is 12.9. The number of thiophene rings is 1. The molecular weight excluding hydrogens is 270 g/mol. The van der Waals surface area contributed by atoms with Gasteiger partial charge in [-0.25, -0.2) is 0 Å². The van der Waals surface area contributed by atoms with Crippen molar-refractivity contribution in [3.8, 4) is 0 Å². The molecule has 4 heteroatoms. The first kappa shape index (κ1) is 15.0. The molecule has 0 aliphatic heterocycles. The molecule has 2 aromatic rings. The molecule has 0 fully saturated rings. The summed E-state index contributed by atoms with van der Waals surface area (Å²) in [5.41, 5.74) is -0.431. The normalized spacial score (nSPS) is 13.4. The van der Waals surface area contributed by atoms with E-state index in [-0.39, 0.29) is 18.6 Å². The van der Waals surface area contributed by atoms with E-state index in [2.05, 4.69) is 30.4 Å². The van der Waals surface area contributed by atoms with Crippen molar-refractivity contribution in [2.75, 3.05) is 6.54 Å². The number of carbonyl (C=O) groups is 1. The highest BCUT2D eigenvalue weighted by molar-refractivity contribution is 7.19. The zero-order chi connectivity index (χ0) is 14.8. The van der Waals surface area contributed by atoms with Crippen LogP contribution < -0.4 is 5.32 Å². The molecule has 0 radical (unpaired) electrons. The van der Waals surface area contributed by atoms with Crippen molar-refractivity contribution < 1.29 is 9.53 Å². The summed E-state index contributed by atoms with van der Waals surface area (Å²) in [6.07, 6.45) is 0. The summed E-state index contributed by atoms with van der Waals surface area (Å²) in [6.45, 7) is 7.92. The van der Waals surface area contributed by atoms with E-state index in [0.29, 0.717) is 0 Å². The van der Waals surface area contributed by atoms with Gasteiger partial charge in [0.15, 0.2) is 0 Å². The van der Waals surface area contributed by atoms with Gasteiger partial charge in [0.2, 0.25) is 0 Å². The third-order valence-electron chi connectivity index (χ3n) is 2.84. The van der Waals surface area contributed by atoms with Crippen LogP contribution in [0.25, 0.3) is 10.1 Å². The number of hydrogen-bond donors (Lipinski definition) is 1. The van der Waals surface area contributed by atoms with Crippen LogP contribution in [0.1, 0.15) is 38.6 Å². The Kier molecular flexibility index (Phi) is 4.45. The number of ether oxygens (including phenoxy) is 1. The average Bonchev–Trinajstić information content (AvgIpc) is 2.77. The number of esters is 1. The summed E-state index contributed by atoms with van der Waals surface area (Å²) in [5.74, 6) is -0.217. The van der Waals surface area contributed by atoms with E-state index >= 15 is 0 Å². The fourth-order valence-corrected chi connectivity index (χ4v) is 3.02. The molecule has 108 valence electrons. The first-order valence-corrected chi connectivity index (χ1v) is 7.60. The Morgan fingerprint density at radius 2 is 2.05 bits per heavy atom. The third-order valence-corrected chi connectivity index (χ3v) is 4.14. The molecule has 0 aliphatic rings. The van der Waals surface area contributed by atoms with E-state index in [1.807, 2.05) is 32.9 Å². The minimum Gasteiger partial charge on any atom is -0.459 e. The molecular formula is C16H21NO2S. The molecule has 1 N–H and O–H groups in total. The van der Waals surface area contributed by atoms with Gasteiger partial charge in [-0.1, -0.05) is 18.2 Å². The van der Waals surface area contributed by atoms with Crippen molar-refractivity contribution in [1.29, 1.82) is 0 Å². The van der Waals surface area contributed by atoms with Crippen molar-refractivity contribution in [2.24, 2.45) is 0 Å². The Labute approximate surface area is 123 Å². The van der Waals surface area contributed by atoms with Gasteiger partial charge in [-0.15, -0.1) is 11.3 Å². The molecule has 20 heavy (non-hydrogen) atoms. The fraction of sp³-hybridized carbons (Fsp3) is 0.438. The smallest absolute Gasteiger partial charge is 0.320 e. The van der Waals surface area contributed by atoms with Crippen LogP contribution in [-0.4, -0.2) is 18.1 Å². The van der Waals surface area contributed by atoms with Crippen LogP contribution in [0.2, 0.25) is 0 Å². The van der Waals surface area contributed by atoms with E-state index in [0.717, 1.165) is 0 Å². The second-order valence-corrected chi connectivity index (χ2v) is 6.99. The Morgan fingerprint density at radius 1 is 1.35 bits per heavy atom. The van der Waals surface area contributed by atoms with Gasteiger partial charge >= 0.3 is 5.97 Å². The minimum absolute atomic E-state index is 0.139. The quantitative estimate of drug-likeness (QED) is 0.868. The van der Waals surface area contributed by atoms with E-state index < -0.39 is 5.60 Å². The number of fused-ring (bicyclic) bond motifs is 1. The standard InChI is InChI=1S/C16H21NO2S/c1-11(17-10-15(18)19-16(2,3)4)14-9-12-7-5-6-8-13(12)20-14/h5-9,11,17H,10H2,1-4H3. The van der Waals surface area contributed by atoms with Crippen molar-refractivity contribution >= 4 is 27.4 Å². The molecule has 0 aliphatic carbocycles. The number of carbonyl (C=O) groups excluding carboxylic acids is 1. The maximum Gasteiger partial charge on any atom is 0.320 e. The topological polar surface area (TPSA) is 38.3 Å². The molecule has 0 saturated carbocycles. The van der Waals surface area contributed by atoms with Crippen molar-refractivity contribution in [2.45, 2.75) is 39.3 Å². The van der Waals surface area contributed by atoms with Gasteiger partial charge in [0.25, 0.3) is 0 Å². The second kappa shape index (κ2) is 5.94. The highest BCUT2D eigenvalue weighted by atomic mass is 32.1. The zero-order valence-electron chi connectivity index (χ0n) is 12.4. The molecule has 0 bridgehead atoms. The monoisotopic (exact) mass is 291 g/mol. The largest absolute Gasteiger partial charge is 0.459 e. The predicted octanol–water partition coefficient (Wildman–Crippen LogP) is 3.89. The van der Waals surface area contributed by atoms with Crippen molar-refractivity contribution in [3.05, 3.63) is 35.2 Å². The lowest BCUT2D eigenvalue weighted by Gasteiger charge is -2.20. The van der Waals surface area contributed by atoms with Crippen LogP contribution in [0.15, 0.2) is 30.3 Å². The average molecular weight is 291 g/mol. The third kappa shape index (κ3) is 4.05. The summed E-state index contributed by atoms with van der Waals surface area (Å²) in [5, 5.41) is 4.47. The minimum atomic E-state index is -0.431. The molecule has 1 heterocycles. The van der Waals surface area contributed by atoms with Gasteiger partial charge in [0, 0.05) is 15.6 Å². The highest BCUT2D eigenvalue weighted by Crippen LogP contribution is 2.29. The number of hydrogen-bond acceptors (Lipinski definition) is 4. The predicted molar refractivity (Wildman–Crippen MR) is 84.1 cm³/mol. The lowest BCUT2D eigenvalue weighted by Crippen LogP contribution is -2.32. The number of nitrogens with one attached hydrogen (secondary N) is 1. The van der Waals surface area contributed by atoms with E-state index in [1.165, 1.54) is 15.0 Å². The SMILES string of the molecule is CC(NCC(=O)OC(C)(C)C)c1cc2ccccc2s1. The van der Waals surface area contributed by atoms with Crippen LogP contribution in [0.5, 0.6) is 0 Å². The first-order valence-electron chi connectivity index (χ1n) is 6.79. The molecule has 3 nitrogen and oxygen atoms in total. The summed E-state index contributed by atoms with van der Waals surface area (Å²) >= 11 is 1.76. The molecule has 0 amide bonds. The van der Waals surface area contributed by atoms with Gasteiger partial charge in [0.1, 0.15) is 5.60 Å². The van der Waals surface area contributed by atoms with Gasteiger partial charge < -0.3 is 4.74 Å². The van der Waals surface area contributed by atoms with Gasteiger partial charge in [-0.2, -0.15) is 0 Å². The van der Waals surface area contributed by atoms with Crippen molar-refractivity contribution in [3.63, 3.8) is 0 Å². The molecule has 0 saturated heterocycles. The number of benzene rings is 1. The van der Waals surface area contributed by atoms with Gasteiger partial charge in [-0.05, 0) is 45.2 Å². The molecule has 1 atom stereocenters. The van der Waals surface area contributed by atoms with E-state index in [9.17, 15) is 4.79 Å². The maximum absolute atomic E-state index is 11.7. The summed E-state index contributed by atoms with van der Waals surface area (Å²) < 4.78 is 6.56. The van der Waals surface area contributed by atoms with Crippen molar-refractivity contribution in [1.82, 2.24) is 5.32 Å². The fourth-order valence-electron chi connectivity index (χ4n) is 1.93. The van der Waals surface area contributed by atoms with Crippen LogP contribution >= 0.6 is 11.3 Å². The van der Waals surface area contributed by atoms with Crippen LogP contribution in [-0.2, 0) is 9.53 Å². The Hall–Kier alpha value is -1.39. The Bertz CT molecular complexity index is 565. The lowest BCUT2D eigenvalue weighted by molar-refractivity contribution is -0.153. The molecule has 1 aromatic heterocycles. The van der Waals surface area contributed by atoms with Gasteiger partial charge in [-0.3, -0.25) is 10.1 Å².